The molecule has 1 unspecified atom stereocenters. The number of hydrogen-bond acceptors (Lipinski definition) is 6. The van der Waals surface area contributed by atoms with Crippen LogP contribution in [0.1, 0.15) is 33.1 Å². The molecule has 146 valence electrons. The normalized spacial score (nSPS) is 13.2. The van der Waals surface area contributed by atoms with E-state index in [2.05, 4.69) is 5.32 Å². The molecule has 1 heterocycles. The summed E-state index contributed by atoms with van der Waals surface area (Å²) >= 11 is 0. The number of amides is 1. The third-order valence-corrected chi connectivity index (χ3v) is 4.58. The van der Waals surface area contributed by atoms with Crippen LogP contribution in [-0.4, -0.2) is 35.6 Å². The second-order valence-corrected chi connectivity index (χ2v) is 6.29. The van der Waals surface area contributed by atoms with Gasteiger partial charge in [0.25, 0.3) is 11.6 Å². The van der Waals surface area contributed by atoms with Crippen molar-refractivity contribution in [3.63, 3.8) is 0 Å². The van der Waals surface area contributed by atoms with Crippen molar-refractivity contribution in [3.05, 3.63) is 62.7 Å². The van der Waals surface area contributed by atoms with Gasteiger partial charge in [-0.15, -0.1) is 0 Å². The maximum atomic E-state index is 12.6. The number of rotatable bonds is 6. The number of benzene rings is 2. The van der Waals surface area contributed by atoms with Crippen LogP contribution in [-0.2, 0) is 11.2 Å². The molecule has 3 rings (SSSR count). The number of methoxy groups -OCH3 is 1. The SMILES string of the molecule is COc1cc(C(=O)NC(C(=O)O)c2ccc3c(c2)CCO3)cc([N+](=O)[O-])c1C. The number of nitro benzene ring substituents is 1. The van der Waals surface area contributed by atoms with Gasteiger partial charge in [0.15, 0.2) is 6.04 Å². The predicted octanol–water partition coefficient (Wildman–Crippen LogP) is 2.40. The highest BCUT2D eigenvalue weighted by Gasteiger charge is 2.27. The average Bonchev–Trinajstić information content (AvgIpc) is 3.13. The molecule has 9 nitrogen and oxygen atoms in total. The van der Waals surface area contributed by atoms with Crippen LogP contribution in [0.25, 0.3) is 0 Å². The van der Waals surface area contributed by atoms with E-state index in [0.29, 0.717) is 24.3 Å². The maximum Gasteiger partial charge on any atom is 0.330 e. The Morgan fingerprint density at radius 1 is 1.32 bits per heavy atom. The van der Waals surface area contributed by atoms with E-state index in [1.54, 1.807) is 18.2 Å². The Hall–Kier alpha value is -3.62. The number of hydrogen-bond donors (Lipinski definition) is 2. The van der Waals surface area contributed by atoms with Gasteiger partial charge in [-0.25, -0.2) is 4.79 Å². The first kappa shape index (κ1) is 19.2. The standard InChI is InChI=1S/C19H18N2O7/c1-10-14(21(25)26)8-13(9-16(10)27-2)18(22)20-17(19(23)24)12-3-4-15-11(7-12)5-6-28-15/h3-4,7-9,17H,5-6H2,1-2H3,(H,20,22)(H,23,24). The van der Waals surface area contributed by atoms with E-state index in [0.717, 1.165) is 11.6 Å². The van der Waals surface area contributed by atoms with E-state index in [9.17, 15) is 24.8 Å². The second-order valence-electron chi connectivity index (χ2n) is 6.29. The number of nitrogens with zero attached hydrogens (tertiary/aromatic N) is 1. The summed E-state index contributed by atoms with van der Waals surface area (Å²) in [5.41, 5.74) is 1.18. The minimum atomic E-state index is -1.32. The van der Waals surface area contributed by atoms with Crippen molar-refractivity contribution >= 4 is 17.6 Å². The Balaban J connectivity index is 1.92. The molecule has 0 spiro atoms. The number of fused-ring (bicyclic) bond motifs is 1. The van der Waals surface area contributed by atoms with Gasteiger partial charge in [0.1, 0.15) is 11.5 Å². The van der Waals surface area contributed by atoms with Crippen LogP contribution in [0.4, 0.5) is 5.69 Å². The molecule has 1 amide bonds. The van der Waals surface area contributed by atoms with Gasteiger partial charge in [-0.1, -0.05) is 6.07 Å². The zero-order chi connectivity index (χ0) is 20.4. The lowest BCUT2D eigenvalue weighted by Gasteiger charge is -2.16. The van der Waals surface area contributed by atoms with Gasteiger partial charge < -0.3 is 19.9 Å². The first-order chi connectivity index (χ1) is 13.3. The number of ether oxygens (including phenoxy) is 2. The smallest absolute Gasteiger partial charge is 0.330 e. The first-order valence-electron chi connectivity index (χ1n) is 8.44. The van der Waals surface area contributed by atoms with Gasteiger partial charge in [0.2, 0.25) is 0 Å². The summed E-state index contributed by atoms with van der Waals surface area (Å²) in [6.07, 6.45) is 0.658. The molecule has 0 saturated carbocycles. The lowest BCUT2D eigenvalue weighted by Crippen LogP contribution is -2.33. The molecule has 9 heteroatoms. The fourth-order valence-electron chi connectivity index (χ4n) is 3.09. The summed E-state index contributed by atoms with van der Waals surface area (Å²) in [6, 6.07) is 6.04. The molecule has 0 aromatic heterocycles. The van der Waals surface area contributed by atoms with E-state index >= 15 is 0 Å². The lowest BCUT2D eigenvalue weighted by atomic mass is 10.0. The molecule has 28 heavy (non-hydrogen) atoms. The van der Waals surface area contributed by atoms with Crippen LogP contribution < -0.4 is 14.8 Å². The molecule has 1 aliphatic rings. The molecule has 2 N–H and O–H groups in total. The second kappa shape index (κ2) is 7.55. The lowest BCUT2D eigenvalue weighted by molar-refractivity contribution is -0.385. The highest BCUT2D eigenvalue weighted by atomic mass is 16.6. The average molecular weight is 386 g/mol. The van der Waals surface area contributed by atoms with E-state index < -0.39 is 22.8 Å². The number of carbonyl (C=O) groups excluding carboxylic acids is 1. The largest absolute Gasteiger partial charge is 0.496 e. The number of carboxylic acids is 1. The molecule has 1 atom stereocenters. The van der Waals surface area contributed by atoms with Crippen molar-refractivity contribution in [1.82, 2.24) is 5.32 Å². The van der Waals surface area contributed by atoms with Crippen LogP contribution in [0.3, 0.4) is 0 Å². The number of aliphatic carboxylic acids is 1. The van der Waals surface area contributed by atoms with Crippen molar-refractivity contribution < 1.29 is 29.1 Å². The molecule has 2 aromatic rings. The topological polar surface area (TPSA) is 128 Å². The van der Waals surface area contributed by atoms with E-state index in [-0.39, 0.29) is 22.6 Å². The van der Waals surface area contributed by atoms with Crippen LogP contribution in [0.2, 0.25) is 0 Å². The van der Waals surface area contributed by atoms with Crippen molar-refractivity contribution in [1.29, 1.82) is 0 Å². The Bertz CT molecular complexity index is 971. The predicted molar refractivity (Wildman–Crippen MR) is 97.9 cm³/mol. The van der Waals surface area contributed by atoms with E-state index in [4.69, 9.17) is 9.47 Å². The van der Waals surface area contributed by atoms with Crippen LogP contribution in [0.15, 0.2) is 30.3 Å². The third-order valence-electron chi connectivity index (χ3n) is 4.58. The molecule has 0 aliphatic carbocycles. The van der Waals surface area contributed by atoms with Gasteiger partial charge in [0.05, 0.1) is 24.2 Å². The quantitative estimate of drug-likeness (QED) is 0.576. The Labute approximate surface area is 160 Å². The molecule has 2 aromatic carbocycles. The molecule has 0 saturated heterocycles. The summed E-state index contributed by atoms with van der Waals surface area (Å²) in [5, 5.41) is 23.2. The highest BCUT2D eigenvalue weighted by Crippen LogP contribution is 2.31. The summed E-state index contributed by atoms with van der Waals surface area (Å²) in [6.45, 7) is 2.03. The van der Waals surface area contributed by atoms with Gasteiger partial charge in [0, 0.05) is 18.1 Å². The van der Waals surface area contributed by atoms with Gasteiger partial charge in [-0.3, -0.25) is 14.9 Å². The summed E-state index contributed by atoms with van der Waals surface area (Å²) in [7, 11) is 1.33. The minimum absolute atomic E-state index is 0.0649. The van der Waals surface area contributed by atoms with Crippen LogP contribution in [0, 0.1) is 17.0 Å². The fraction of sp³-hybridized carbons (Fsp3) is 0.263. The van der Waals surface area contributed by atoms with Crippen molar-refractivity contribution in [2.24, 2.45) is 0 Å². The Kier molecular flexibility index (Phi) is 5.16. The molecule has 1 aliphatic heterocycles. The zero-order valence-electron chi connectivity index (χ0n) is 15.2. The molecular formula is C19H18N2O7. The molecule has 0 bridgehead atoms. The minimum Gasteiger partial charge on any atom is -0.496 e. The van der Waals surface area contributed by atoms with E-state index in [1.807, 2.05) is 0 Å². The Morgan fingerprint density at radius 3 is 2.71 bits per heavy atom. The van der Waals surface area contributed by atoms with Crippen LogP contribution in [0.5, 0.6) is 11.5 Å². The van der Waals surface area contributed by atoms with E-state index in [1.165, 1.54) is 20.1 Å². The maximum absolute atomic E-state index is 12.6. The van der Waals surface area contributed by atoms with Gasteiger partial charge >= 0.3 is 5.97 Å². The van der Waals surface area contributed by atoms with Gasteiger partial charge in [-0.2, -0.15) is 0 Å². The molecule has 0 radical (unpaired) electrons. The Morgan fingerprint density at radius 2 is 2.07 bits per heavy atom. The highest BCUT2D eigenvalue weighted by molar-refractivity contribution is 5.98. The number of nitrogens with one attached hydrogen (secondary N) is 1. The summed E-state index contributed by atoms with van der Waals surface area (Å²) in [5.74, 6) is -1.15. The number of nitro groups is 1. The monoisotopic (exact) mass is 386 g/mol. The van der Waals surface area contributed by atoms with Crippen LogP contribution >= 0.6 is 0 Å². The van der Waals surface area contributed by atoms with Crippen molar-refractivity contribution in [3.8, 4) is 11.5 Å². The number of carbonyl (C=O) groups is 2. The third kappa shape index (κ3) is 3.59. The van der Waals surface area contributed by atoms with Crippen molar-refractivity contribution in [2.75, 3.05) is 13.7 Å². The molecular weight excluding hydrogens is 368 g/mol. The summed E-state index contributed by atoms with van der Waals surface area (Å²) in [4.78, 5) is 35.0. The van der Waals surface area contributed by atoms with Gasteiger partial charge in [-0.05, 0) is 36.2 Å². The number of carboxylic acid groups (broad SMARTS) is 1. The van der Waals surface area contributed by atoms with Crippen molar-refractivity contribution in [2.45, 2.75) is 19.4 Å². The fourth-order valence-corrected chi connectivity index (χ4v) is 3.09. The first-order valence-corrected chi connectivity index (χ1v) is 8.44. The zero-order valence-corrected chi connectivity index (χ0v) is 15.2. The summed E-state index contributed by atoms with van der Waals surface area (Å²) < 4.78 is 10.5. The molecule has 0 fully saturated rings.